The van der Waals surface area contributed by atoms with Crippen molar-refractivity contribution in [2.75, 3.05) is 26.2 Å². The summed E-state index contributed by atoms with van der Waals surface area (Å²) in [5.41, 5.74) is -0.0846. The van der Waals surface area contributed by atoms with Gasteiger partial charge in [-0.15, -0.1) is 0 Å². The maximum atomic E-state index is 12.2. The third-order valence-corrected chi connectivity index (χ3v) is 4.66. The summed E-state index contributed by atoms with van der Waals surface area (Å²) in [6.45, 7) is 10.2. The Kier molecular flexibility index (Phi) is 5.44. The first-order chi connectivity index (χ1) is 9.50. The molecule has 1 saturated carbocycles. The summed E-state index contributed by atoms with van der Waals surface area (Å²) in [5, 5.41) is 6.63. The highest BCUT2D eigenvalue weighted by atomic mass is 16.2. The fourth-order valence-corrected chi connectivity index (χ4v) is 2.88. The molecule has 2 rings (SSSR count). The van der Waals surface area contributed by atoms with E-state index in [0.29, 0.717) is 12.6 Å². The summed E-state index contributed by atoms with van der Waals surface area (Å²) >= 11 is 0. The van der Waals surface area contributed by atoms with E-state index >= 15 is 0 Å². The Morgan fingerprint density at radius 1 is 1.35 bits per heavy atom. The van der Waals surface area contributed by atoms with E-state index in [1.807, 2.05) is 0 Å². The van der Waals surface area contributed by atoms with Gasteiger partial charge in [0.25, 0.3) is 0 Å². The summed E-state index contributed by atoms with van der Waals surface area (Å²) < 4.78 is 0. The lowest BCUT2D eigenvalue weighted by atomic mass is 9.99. The Balaban J connectivity index is 1.81. The number of piperidine rings is 1. The molecule has 0 aromatic heterocycles. The minimum Gasteiger partial charge on any atom is -0.350 e. The van der Waals surface area contributed by atoms with Crippen molar-refractivity contribution in [1.29, 1.82) is 0 Å². The monoisotopic (exact) mass is 281 g/mol. The van der Waals surface area contributed by atoms with Crippen LogP contribution in [-0.2, 0) is 4.79 Å². The van der Waals surface area contributed by atoms with Crippen LogP contribution >= 0.6 is 0 Å². The van der Waals surface area contributed by atoms with Gasteiger partial charge in [-0.25, -0.2) is 0 Å². The molecule has 2 aliphatic rings. The van der Waals surface area contributed by atoms with Crippen molar-refractivity contribution in [2.24, 2.45) is 5.92 Å². The molecule has 4 nitrogen and oxygen atoms in total. The molecule has 1 amide bonds. The summed E-state index contributed by atoms with van der Waals surface area (Å²) in [5.74, 6) is 0.906. The lowest BCUT2D eigenvalue weighted by Crippen LogP contribution is -2.49. The van der Waals surface area contributed by atoms with Crippen LogP contribution in [-0.4, -0.2) is 48.6 Å². The lowest BCUT2D eigenvalue weighted by molar-refractivity contribution is -0.124. The molecule has 1 atom stereocenters. The molecule has 116 valence electrons. The molecule has 0 aromatic carbocycles. The highest BCUT2D eigenvalue weighted by Gasteiger charge is 2.32. The number of hydrogen-bond donors (Lipinski definition) is 2. The van der Waals surface area contributed by atoms with E-state index in [4.69, 9.17) is 0 Å². The Bertz CT molecular complexity index is 320. The zero-order valence-electron chi connectivity index (χ0n) is 13.4. The predicted molar refractivity (Wildman–Crippen MR) is 82.7 cm³/mol. The van der Waals surface area contributed by atoms with Crippen molar-refractivity contribution in [3.63, 3.8) is 0 Å². The smallest absolute Gasteiger partial charge is 0.234 e. The Hall–Kier alpha value is -0.610. The molecular formula is C16H31N3O. The minimum atomic E-state index is -0.0846. The number of amides is 1. The van der Waals surface area contributed by atoms with Gasteiger partial charge >= 0.3 is 0 Å². The third kappa shape index (κ3) is 5.06. The molecule has 1 heterocycles. The van der Waals surface area contributed by atoms with Crippen molar-refractivity contribution in [2.45, 2.75) is 64.5 Å². The number of rotatable bonds is 7. The first kappa shape index (κ1) is 15.8. The number of carbonyl (C=O) groups excluding carboxylic acids is 1. The number of nitrogens with zero attached hydrogens (tertiary/aromatic N) is 1. The van der Waals surface area contributed by atoms with Gasteiger partial charge in [-0.05, 0) is 65.0 Å². The van der Waals surface area contributed by atoms with E-state index in [0.717, 1.165) is 32.0 Å². The summed E-state index contributed by atoms with van der Waals surface area (Å²) in [7, 11) is 0. The molecule has 1 saturated heterocycles. The molecule has 2 N–H and O–H groups in total. The van der Waals surface area contributed by atoms with Crippen LogP contribution in [0.3, 0.4) is 0 Å². The zero-order chi connectivity index (χ0) is 14.6. The van der Waals surface area contributed by atoms with Gasteiger partial charge in [0, 0.05) is 18.1 Å². The normalized spacial score (nSPS) is 23.9. The van der Waals surface area contributed by atoms with Crippen molar-refractivity contribution in [3.05, 3.63) is 0 Å². The van der Waals surface area contributed by atoms with Crippen LogP contribution in [0.25, 0.3) is 0 Å². The van der Waals surface area contributed by atoms with Gasteiger partial charge < -0.3 is 10.6 Å². The summed E-state index contributed by atoms with van der Waals surface area (Å²) in [4.78, 5) is 14.6. The van der Waals surface area contributed by atoms with Gasteiger partial charge in [-0.1, -0.05) is 6.92 Å². The van der Waals surface area contributed by atoms with E-state index in [1.54, 1.807) is 0 Å². The standard InChI is InChI=1S/C16H31N3O/c1-4-16(2,3)18-15(20)12-19(14-7-8-14)11-13-6-5-9-17-10-13/h13-14,17H,4-12H2,1-3H3,(H,18,20). The second kappa shape index (κ2) is 6.90. The minimum absolute atomic E-state index is 0.0846. The Labute approximate surface area is 123 Å². The fourth-order valence-electron chi connectivity index (χ4n) is 2.88. The van der Waals surface area contributed by atoms with E-state index in [2.05, 4.69) is 36.3 Å². The SMILES string of the molecule is CCC(C)(C)NC(=O)CN(CC1CCCNC1)C1CC1. The van der Waals surface area contributed by atoms with E-state index in [1.165, 1.54) is 25.7 Å². The predicted octanol–water partition coefficient (Wildman–Crippen LogP) is 1.76. The van der Waals surface area contributed by atoms with Crippen LogP contribution in [0.1, 0.15) is 52.9 Å². The van der Waals surface area contributed by atoms with Gasteiger partial charge in [0.1, 0.15) is 0 Å². The molecule has 4 heteroatoms. The first-order valence-electron chi connectivity index (χ1n) is 8.26. The molecule has 0 bridgehead atoms. The summed E-state index contributed by atoms with van der Waals surface area (Å²) in [6, 6.07) is 0.660. The second-order valence-electron chi connectivity index (χ2n) is 7.16. The average Bonchev–Trinajstić information content (AvgIpc) is 3.23. The topological polar surface area (TPSA) is 44.4 Å². The lowest BCUT2D eigenvalue weighted by Gasteiger charge is -2.31. The van der Waals surface area contributed by atoms with Crippen LogP contribution < -0.4 is 10.6 Å². The number of carbonyl (C=O) groups is 1. The molecule has 2 fully saturated rings. The van der Waals surface area contributed by atoms with E-state index in [-0.39, 0.29) is 11.4 Å². The molecule has 20 heavy (non-hydrogen) atoms. The number of nitrogens with one attached hydrogen (secondary N) is 2. The van der Waals surface area contributed by atoms with E-state index in [9.17, 15) is 4.79 Å². The highest BCUT2D eigenvalue weighted by Crippen LogP contribution is 2.28. The first-order valence-corrected chi connectivity index (χ1v) is 8.26. The molecule has 0 spiro atoms. The van der Waals surface area contributed by atoms with Gasteiger partial charge in [0.2, 0.25) is 5.91 Å². The quantitative estimate of drug-likeness (QED) is 0.747. The van der Waals surface area contributed by atoms with Gasteiger partial charge in [-0.2, -0.15) is 0 Å². The van der Waals surface area contributed by atoms with Gasteiger partial charge in [0.05, 0.1) is 6.54 Å². The Morgan fingerprint density at radius 2 is 2.10 bits per heavy atom. The fraction of sp³-hybridized carbons (Fsp3) is 0.938. The molecule has 0 aromatic rings. The van der Waals surface area contributed by atoms with Gasteiger partial charge in [0.15, 0.2) is 0 Å². The van der Waals surface area contributed by atoms with E-state index < -0.39 is 0 Å². The maximum absolute atomic E-state index is 12.2. The third-order valence-electron chi connectivity index (χ3n) is 4.66. The van der Waals surface area contributed by atoms with Crippen LogP contribution in [0.4, 0.5) is 0 Å². The Morgan fingerprint density at radius 3 is 2.65 bits per heavy atom. The summed E-state index contributed by atoms with van der Waals surface area (Å²) in [6.07, 6.45) is 6.08. The second-order valence-corrected chi connectivity index (χ2v) is 7.16. The van der Waals surface area contributed by atoms with Crippen LogP contribution in [0, 0.1) is 5.92 Å². The van der Waals surface area contributed by atoms with Crippen molar-refractivity contribution in [1.82, 2.24) is 15.5 Å². The van der Waals surface area contributed by atoms with Crippen molar-refractivity contribution in [3.8, 4) is 0 Å². The largest absolute Gasteiger partial charge is 0.350 e. The molecule has 1 aliphatic heterocycles. The van der Waals surface area contributed by atoms with Crippen LogP contribution in [0.15, 0.2) is 0 Å². The molecule has 1 unspecified atom stereocenters. The molecular weight excluding hydrogens is 250 g/mol. The van der Waals surface area contributed by atoms with Crippen LogP contribution in [0.5, 0.6) is 0 Å². The van der Waals surface area contributed by atoms with Crippen molar-refractivity contribution >= 4 is 5.91 Å². The highest BCUT2D eigenvalue weighted by molar-refractivity contribution is 5.78. The van der Waals surface area contributed by atoms with Gasteiger partial charge in [-0.3, -0.25) is 9.69 Å². The maximum Gasteiger partial charge on any atom is 0.234 e. The molecule has 1 aliphatic carbocycles. The zero-order valence-corrected chi connectivity index (χ0v) is 13.4. The van der Waals surface area contributed by atoms with Crippen LogP contribution in [0.2, 0.25) is 0 Å². The van der Waals surface area contributed by atoms with Crippen molar-refractivity contribution < 1.29 is 4.79 Å². The average molecular weight is 281 g/mol. The number of hydrogen-bond acceptors (Lipinski definition) is 3. The molecule has 0 radical (unpaired) electrons.